The van der Waals surface area contributed by atoms with Gasteiger partial charge in [0.15, 0.2) is 0 Å². The van der Waals surface area contributed by atoms with E-state index in [1.165, 1.54) is 105 Å². The van der Waals surface area contributed by atoms with Crippen molar-refractivity contribution in [3.05, 3.63) is 246 Å². The van der Waals surface area contributed by atoms with E-state index in [2.05, 4.69) is 217 Å². The van der Waals surface area contributed by atoms with Crippen molar-refractivity contribution in [3.8, 4) is 50.2 Å². The average molecular weight is 780 g/mol. The van der Waals surface area contributed by atoms with Crippen molar-refractivity contribution in [2.75, 3.05) is 0 Å². The van der Waals surface area contributed by atoms with Crippen molar-refractivity contribution in [2.24, 2.45) is 0 Å². The number of rotatable bonds is 6. The summed E-state index contributed by atoms with van der Waals surface area (Å²) in [7, 11) is 0. The Morgan fingerprint density at radius 1 is 0.377 bits per heavy atom. The summed E-state index contributed by atoms with van der Waals surface area (Å²) in [6.07, 6.45) is 4.13. The molecule has 10 aromatic rings. The first-order valence-corrected chi connectivity index (χ1v) is 21.9. The summed E-state index contributed by atoms with van der Waals surface area (Å²) < 4.78 is 2.40. The summed E-state index contributed by atoms with van der Waals surface area (Å²) >= 11 is 0. The highest BCUT2D eigenvalue weighted by molar-refractivity contribution is 6.10. The molecule has 2 aliphatic rings. The quantitative estimate of drug-likeness (QED) is 0.158. The molecule has 2 unspecified atom stereocenters. The maximum absolute atomic E-state index is 2.50. The number of fused-ring (bicyclic) bond motifs is 9. The Morgan fingerprint density at radius 2 is 0.918 bits per heavy atom. The van der Waals surface area contributed by atoms with Gasteiger partial charge < -0.3 is 4.57 Å². The second-order valence-electron chi connectivity index (χ2n) is 17.2. The van der Waals surface area contributed by atoms with Crippen LogP contribution < -0.4 is 0 Å². The van der Waals surface area contributed by atoms with Crippen LogP contribution in [0.4, 0.5) is 0 Å². The van der Waals surface area contributed by atoms with E-state index in [0.29, 0.717) is 11.8 Å². The van der Waals surface area contributed by atoms with Crippen molar-refractivity contribution in [2.45, 2.75) is 37.5 Å². The van der Waals surface area contributed by atoms with Crippen LogP contribution in [0.5, 0.6) is 0 Å². The first-order valence-electron chi connectivity index (χ1n) is 21.9. The average Bonchev–Trinajstić information content (AvgIpc) is 3.56. The van der Waals surface area contributed by atoms with Crippen molar-refractivity contribution < 1.29 is 0 Å². The lowest BCUT2D eigenvalue weighted by atomic mass is 9.75. The molecule has 12 rings (SSSR count). The van der Waals surface area contributed by atoms with E-state index in [-0.39, 0.29) is 0 Å². The lowest BCUT2D eigenvalue weighted by Gasteiger charge is -2.29. The second kappa shape index (κ2) is 14.8. The van der Waals surface area contributed by atoms with Gasteiger partial charge in [0.2, 0.25) is 0 Å². The molecule has 1 heterocycles. The van der Waals surface area contributed by atoms with Gasteiger partial charge in [-0.3, -0.25) is 0 Å². The summed E-state index contributed by atoms with van der Waals surface area (Å²) in [5, 5.41) is 2.55. The zero-order valence-corrected chi connectivity index (χ0v) is 34.1. The first kappa shape index (κ1) is 35.7. The highest BCUT2D eigenvalue weighted by Crippen LogP contribution is 2.46. The number of para-hydroxylation sites is 2. The van der Waals surface area contributed by atoms with E-state index in [1.54, 1.807) is 0 Å². The minimum Gasteiger partial charge on any atom is -0.309 e. The minimum absolute atomic E-state index is 0.403. The summed E-state index contributed by atoms with van der Waals surface area (Å²) in [5.41, 5.74) is 22.7. The first-order chi connectivity index (χ1) is 30.2. The highest BCUT2D eigenvalue weighted by atomic mass is 15.0. The van der Waals surface area contributed by atoms with Gasteiger partial charge in [-0.25, -0.2) is 0 Å². The number of hydrogen-bond donors (Lipinski definition) is 0. The molecule has 0 bridgehead atoms. The van der Waals surface area contributed by atoms with E-state index in [9.17, 15) is 0 Å². The maximum Gasteiger partial charge on any atom is 0.0541 e. The van der Waals surface area contributed by atoms with Crippen molar-refractivity contribution >= 4 is 21.8 Å². The third-order valence-corrected chi connectivity index (χ3v) is 13.7. The number of benzene rings is 9. The summed E-state index contributed by atoms with van der Waals surface area (Å²) in [6, 6.07) is 79.7. The van der Waals surface area contributed by atoms with Gasteiger partial charge in [0, 0.05) is 16.5 Å². The zero-order chi connectivity index (χ0) is 40.3. The Morgan fingerprint density at radius 3 is 1.66 bits per heavy atom. The molecule has 0 fully saturated rings. The van der Waals surface area contributed by atoms with Gasteiger partial charge in [-0.15, -0.1) is 0 Å². The number of hydrogen-bond acceptors (Lipinski definition) is 0. The third kappa shape index (κ3) is 6.32. The Bertz CT molecular complexity index is 3240. The largest absolute Gasteiger partial charge is 0.309 e. The van der Waals surface area contributed by atoms with Crippen LogP contribution in [0, 0.1) is 0 Å². The molecule has 2 aliphatic carbocycles. The fourth-order valence-corrected chi connectivity index (χ4v) is 10.7. The molecule has 9 aromatic carbocycles. The third-order valence-electron chi connectivity index (χ3n) is 13.7. The molecule has 0 saturated carbocycles. The molecule has 1 nitrogen and oxygen atoms in total. The van der Waals surface area contributed by atoms with Crippen LogP contribution >= 0.6 is 0 Å². The molecular formula is C60H45N. The van der Waals surface area contributed by atoms with E-state index >= 15 is 0 Å². The van der Waals surface area contributed by atoms with Crippen LogP contribution in [0.25, 0.3) is 72.0 Å². The van der Waals surface area contributed by atoms with E-state index < -0.39 is 0 Å². The molecular weight excluding hydrogens is 735 g/mol. The van der Waals surface area contributed by atoms with Crippen LogP contribution in [0.2, 0.25) is 0 Å². The molecule has 1 aromatic heterocycles. The van der Waals surface area contributed by atoms with Crippen molar-refractivity contribution in [3.63, 3.8) is 0 Å². The van der Waals surface area contributed by atoms with Gasteiger partial charge >= 0.3 is 0 Å². The molecule has 0 spiro atoms. The van der Waals surface area contributed by atoms with Gasteiger partial charge in [0.25, 0.3) is 0 Å². The normalized spacial score (nSPS) is 15.4. The second-order valence-corrected chi connectivity index (χ2v) is 17.2. The molecule has 0 N–H and O–H groups in total. The van der Waals surface area contributed by atoms with Gasteiger partial charge in [-0.05, 0) is 164 Å². The van der Waals surface area contributed by atoms with E-state index in [1.807, 2.05) is 0 Å². The Labute approximate surface area is 358 Å². The van der Waals surface area contributed by atoms with Gasteiger partial charge in [0.1, 0.15) is 0 Å². The van der Waals surface area contributed by atoms with Crippen molar-refractivity contribution in [1.29, 1.82) is 0 Å². The predicted octanol–water partition coefficient (Wildman–Crippen LogP) is 15.2. The molecule has 290 valence electrons. The SMILES string of the molecule is c1ccc(CC2Cc3ccccc3-c3cc(-c4ccc5c(c4)-c4cc(-c6ccc7c(c6)c6ccccc6n7-c6ccccc6)ccc4CC(c4ccccc4)C5)ccc32)cc1. The standard InChI is InChI=1S/C60H45N/c1-4-14-40(15-5-1)32-50-35-46-18-10-11-21-52(46)57-38-44(28-30-53(50)57)42-24-26-47-33-49(41-16-6-2-7-17-41)34-48-27-25-43(37-56(48)55(47)36-42)45-29-31-60-58(39-45)54-22-12-13-23-59(54)61(60)51-19-8-3-9-20-51/h1-31,36-39,49-50H,32-35H2. The van der Waals surface area contributed by atoms with E-state index in [0.717, 1.165) is 25.7 Å². The van der Waals surface area contributed by atoms with Crippen LogP contribution in [0.15, 0.2) is 212 Å². The molecule has 0 saturated heterocycles. The Kier molecular flexibility index (Phi) is 8.66. The maximum atomic E-state index is 2.50. The molecule has 2 atom stereocenters. The Hall–Kier alpha value is -7.22. The minimum atomic E-state index is 0.403. The fourth-order valence-electron chi connectivity index (χ4n) is 10.7. The summed E-state index contributed by atoms with van der Waals surface area (Å²) in [6.45, 7) is 0. The van der Waals surface area contributed by atoms with Crippen molar-refractivity contribution in [1.82, 2.24) is 4.57 Å². The predicted molar refractivity (Wildman–Crippen MR) is 256 cm³/mol. The Balaban J connectivity index is 0.986. The van der Waals surface area contributed by atoms with Gasteiger partial charge in [-0.1, -0.05) is 164 Å². The number of nitrogens with zero attached hydrogens (tertiary/aromatic N) is 1. The van der Waals surface area contributed by atoms with E-state index in [4.69, 9.17) is 0 Å². The smallest absolute Gasteiger partial charge is 0.0541 e. The molecule has 1 heteroatoms. The molecule has 0 aliphatic heterocycles. The highest BCUT2D eigenvalue weighted by Gasteiger charge is 2.27. The van der Waals surface area contributed by atoms with Crippen LogP contribution in [-0.2, 0) is 25.7 Å². The molecule has 0 radical (unpaired) electrons. The summed E-state index contributed by atoms with van der Waals surface area (Å²) in [5.74, 6) is 0.850. The monoisotopic (exact) mass is 779 g/mol. The summed E-state index contributed by atoms with van der Waals surface area (Å²) in [4.78, 5) is 0. The molecule has 61 heavy (non-hydrogen) atoms. The van der Waals surface area contributed by atoms with Gasteiger partial charge in [-0.2, -0.15) is 0 Å². The van der Waals surface area contributed by atoms with Gasteiger partial charge in [0.05, 0.1) is 11.0 Å². The topological polar surface area (TPSA) is 4.93 Å². The lowest BCUT2D eigenvalue weighted by molar-refractivity contribution is 0.673. The van der Waals surface area contributed by atoms with Crippen LogP contribution in [0.1, 0.15) is 45.2 Å². The molecule has 0 amide bonds. The van der Waals surface area contributed by atoms with Crippen LogP contribution in [0.3, 0.4) is 0 Å². The van der Waals surface area contributed by atoms with Crippen LogP contribution in [-0.4, -0.2) is 4.57 Å². The lowest BCUT2D eigenvalue weighted by Crippen LogP contribution is -2.14. The number of aromatic nitrogens is 1. The fraction of sp³-hybridized carbons (Fsp3) is 0.100. The zero-order valence-electron chi connectivity index (χ0n) is 34.1.